The fourth-order valence-corrected chi connectivity index (χ4v) is 3.41. The SMILES string of the molecule is CCOc1ccc(Oc2ccccc2NC(=O)c2cccc(NC(=O)C3CC3C)c2)cc1. The van der Waals surface area contributed by atoms with Gasteiger partial charge in [-0.2, -0.15) is 0 Å². The molecule has 0 heterocycles. The van der Waals surface area contributed by atoms with E-state index in [1.165, 1.54) is 0 Å². The minimum absolute atomic E-state index is 0.00385. The number of benzene rings is 3. The molecule has 0 aliphatic heterocycles. The number of carbonyl (C=O) groups is 2. The molecule has 0 spiro atoms. The summed E-state index contributed by atoms with van der Waals surface area (Å²) in [5.74, 6) is 2.14. The van der Waals surface area contributed by atoms with Crippen LogP contribution in [0, 0.1) is 11.8 Å². The topological polar surface area (TPSA) is 76.7 Å². The average molecular weight is 431 g/mol. The number of carbonyl (C=O) groups excluding carboxylic acids is 2. The van der Waals surface area contributed by atoms with Crippen molar-refractivity contribution in [2.45, 2.75) is 20.3 Å². The molecule has 3 aromatic carbocycles. The molecule has 164 valence electrons. The third kappa shape index (κ3) is 5.27. The van der Waals surface area contributed by atoms with Crippen LogP contribution in [0.1, 0.15) is 30.6 Å². The second-order valence-electron chi connectivity index (χ2n) is 7.85. The highest BCUT2D eigenvalue weighted by atomic mass is 16.5. The van der Waals surface area contributed by atoms with Crippen LogP contribution in [-0.2, 0) is 4.79 Å². The zero-order valence-electron chi connectivity index (χ0n) is 18.1. The van der Waals surface area contributed by atoms with E-state index >= 15 is 0 Å². The average Bonchev–Trinajstić information content (AvgIpc) is 3.53. The summed E-state index contributed by atoms with van der Waals surface area (Å²) in [6.45, 7) is 4.58. The van der Waals surface area contributed by atoms with Gasteiger partial charge in [-0.15, -0.1) is 0 Å². The number of nitrogens with one attached hydrogen (secondary N) is 2. The number of hydrogen-bond donors (Lipinski definition) is 2. The van der Waals surface area contributed by atoms with E-state index in [9.17, 15) is 9.59 Å². The third-order valence-electron chi connectivity index (χ3n) is 5.34. The third-order valence-corrected chi connectivity index (χ3v) is 5.34. The number of hydrogen-bond acceptors (Lipinski definition) is 4. The van der Waals surface area contributed by atoms with Crippen molar-refractivity contribution < 1.29 is 19.1 Å². The molecule has 2 amide bonds. The minimum atomic E-state index is -0.288. The van der Waals surface area contributed by atoms with Crippen molar-refractivity contribution in [1.82, 2.24) is 0 Å². The Bertz CT molecular complexity index is 1110. The first-order valence-corrected chi connectivity index (χ1v) is 10.8. The molecular formula is C26H26N2O4. The van der Waals surface area contributed by atoms with E-state index in [4.69, 9.17) is 9.47 Å². The normalized spacial score (nSPS) is 16.7. The Labute approximate surface area is 187 Å². The maximum Gasteiger partial charge on any atom is 0.255 e. The Balaban J connectivity index is 1.44. The maximum atomic E-state index is 12.9. The van der Waals surface area contributed by atoms with Gasteiger partial charge in [0, 0.05) is 17.2 Å². The van der Waals surface area contributed by atoms with Gasteiger partial charge in [-0.1, -0.05) is 25.1 Å². The van der Waals surface area contributed by atoms with Crippen LogP contribution in [0.5, 0.6) is 17.2 Å². The van der Waals surface area contributed by atoms with E-state index in [0.717, 1.165) is 12.2 Å². The van der Waals surface area contributed by atoms with Crippen LogP contribution in [0.2, 0.25) is 0 Å². The van der Waals surface area contributed by atoms with Crippen LogP contribution >= 0.6 is 0 Å². The Kier molecular flexibility index (Phi) is 6.40. The zero-order valence-corrected chi connectivity index (χ0v) is 18.1. The predicted molar refractivity (Wildman–Crippen MR) is 124 cm³/mol. The lowest BCUT2D eigenvalue weighted by atomic mass is 10.1. The lowest BCUT2D eigenvalue weighted by molar-refractivity contribution is -0.117. The van der Waals surface area contributed by atoms with Crippen molar-refractivity contribution in [2.75, 3.05) is 17.2 Å². The first kappa shape index (κ1) is 21.4. The summed E-state index contributed by atoms with van der Waals surface area (Å²) in [5.41, 5.74) is 1.61. The molecule has 0 saturated heterocycles. The molecule has 6 heteroatoms. The van der Waals surface area contributed by atoms with Crippen molar-refractivity contribution in [3.05, 3.63) is 78.4 Å². The molecular weight excluding hydrogens is 404 g/mol. The summed E-state index contributed by atoms with van der Waals surface area (Å²) in [7, 11) is 0. The summed E-state index contributed by atoms with van der Waals surface area (Å²) in [4.78, 5) is 25.1. The van der Waals surface area contributed by atoms with Gasteiger partial charge in [-0.3, -0.25) is 9.59 Å². The largest absolute Gasteiger partial charge is 0.494 e. The van der Waals surface area contributed by atoms with E-state index < -0.39 is 0 Å². The zero-order chi connectivity index (χ0) is 22.5. The number of rotatable bonds is 8. The van der Waals surface area contributed by atoms with Crippen LogP contribution < -0.4 is 20.1 Å². The maximum absolute atomic E-state index is 12.9. The quantitative estimate of drug-likeness (QED) is 0.479. The van der Waals surface area contributed by atoms with Gasteiger partial charge < -0.3 is 20.1 Å². The fraction of sp³-hybridized carbons (Fsp3) is 0.231. The van der Waals surface area contributed by atoms with Gasteiger partial charge in [0.1, 0.15) is 11.5 Å². The van der Waals surface area contributed by atoms with Crippen molar-refractivity contribution in [1.29, 1.82) is 0 Å². The summed E-state index contributed by atoms with van der Waals surface area (Å²) < 4.78 is 11.4. The van der Waals surface area contributed by atoms with Gasteiger partial charge >= 0.3 is 0 Å². The molecule has 1 saturated carbocycles. The summed E-state index contributed by atoms with van der Waals surface area (Å²) in [6.07, 6.45) is 0.914. The molecule has 1 aliphatic rings. The van der Waals surface area contributed by atoms with Crippen LogP contribution in [0.25, 0.3) is 0 Å². The Morgan fingerprint density at radius 3 is 2.38 bits per heavy atom. The highest BCUT2D eigenvalue weighted by molar-refractivity contribution is 6.06. The minimum Gasteiger partial charge on any atom is -0.494 e. The molecule has 1 aliphatic carbocycles. The van der Waals surface area contributed by atoms with Crippen LogP contribution in [0.4, 0.5) is 11.4 Å². The second kappa shape index (κ2) is 9.56. The lowest BCUT2D eigenvalue weighted by Crippen LogP contribution is -2.16. The van der Waals surface area contributed by atoms with E-state index in [1.54, 1.807) is 36.4 Å². The second-order valence-corrected chi connectivity index (χ2v) is 7.85. The molecule has 3 aromatic rings. The monoisotopic (exact) mass is 430 g/mol. The van der Waals surface area contributed by atoms with Crippen LogP contribution in [0.15, 0.2) is 72.8 Å². The molecule has 0 radical (unpaired) electrons. The molecule has 0 aromatic heterocycles. The Morgan fingerprint density at radius 2 is 1.66 bits per heavy atom. The summed E-state index contributed by atoms with van der Waals surface area (Å²) in [5, 5.41) is 5.80. The van der Waals surface area contributed by atoms with Crippen molar-refractivity contribution in [2.24, 2.45) is 11.8 Å². The van der Waals surface area contributed by atoms with Gasteiger partial charge in [0.15, 0.2) is 5.75 Å². The van der Waals surface area contributed by atoms with Gasteiger partial charge in [0.2, 0.25) is 5.91 Å². The molecule has 6 nitrogen and oxygen atoms in total. The van der Waals surface area contributed by atoms with Gasteiger partial charge in [0.05, 0.1) is 12.3 Å². The van der Waals surface area contributed by atoms with Crippen molar-refractivity contribution in [3.8, 4) is 17.2 Å². The standard InChI is InChI=1S/C26H26N2O4/c1-3-31-20-11-13-21(14-12-20)32-24-10-5-4-9-23(24)28-25(29)18-7-6-8-19(16-18)27-26(30)22-15-17(22)2/h4-14,16-17,22H,3,15H2,1-2H3,(H,27,30)(H,28,29). The van der Waals surface area contributed by atoms with Gasteiger partial charge in [-0.05, 0) is 73.9 Å². The number of anilines is 2. The molecule has 4 rings (SSSR count). The van der Waals surface area contributed by atoms with E-state index in [-0.39, 0.29) is 17.7 Å². The number of para-hydroxylation sites is 2. The van der Waals surface area contributed by atoms with Crippen molar-refractivity contribution in [3.63, 3.8) is 0 Å². The molecule has 2 atom stereocenters. The molecule has 2 N–H and O–H groups in total. The van der Waals surface area contributed by atoms with E-state index in [0.29, 0.717) is 41.0 Å². The van der Waals surface area contributed by atoms with Gasteiger partial charge in [0.25, 0.3) is 5.91 Å². The summed E-state index contributed by atoms with van der Waals surface area (Å²) >= 11 is 0. The van der Waals surface area contributed by atoms with Crippen molar-refractivity contribution >= 4 is 23.2 Å². The van der Waals surface area contributed by atoms with Crippen LogP contribution in [-0.4, -0.2) is 18.4 Å². The smallest absolute Gasteiger partial charge is 0.255 e. The highest BCUT2D eigenvalue weighted by Gasteiger charge is 2.39. The molecule has 32 heavy (non-hydrogen) atoms. The number of amides is 2. The molecule has 2 unspecified atom stereocenters. The first-order valence-electron chi connectivity index (χ1n) is 10.8. The van der Waals surface area contributed by atoms with E-state index in [1.807, 2.05) is 43.3 Å². The summed E-state index contributed by atoms with van der Waals surface area (Å²) in [6, 6.07) is 21.5. The lowest BCUT2D eigenvalue weighted by Gasteiger charge is -2.13. The number of ether oxygens (including phenoxy) is 2. The fourth-order valence-electron chi connectivity index (χ4n) is 3.41. The molecule has 0 bridgehead atoms. The molecule has 1 fully saturated rings. The van der Waals surface area contributed by atoms with Gasteiger partial charge in [-0.25, -0.2) is 0 Å². The highest BCUT2D eigenvalue weighted by Crippen LogP contribution is 2.38. The van der Waals surface area contributed by atoms with E-state index in [2.05, 4.69) is 17.6 Å². The predicted octanol–water partition coefficient (Wildman–Crippen LogP) is 5.72. The van der Waals surface area contributed by atoms with Crippen LogP contribution in [0.3, 0.4) is 0 Å². The first-order chi connectivity index (χ1) is 15.5. The Hall–Kier alpha value is -3.80. The Morgan fingerprint density at radius 1 is 0.938 bits per heavy atom.